The van der Waals surface area contributed by atoms with Gasteiger partial charge in [0.15, 0.2) is 0 Å². The number of likely N-dealkylation sites (tertiary alicyclic amines) is 1. The first-order chi connectivity index (χ1) is 14.1. The summed E-state index contributed by atoms with van der Waals surface area (Å²) in [6, 6.07) is 7.44. The van der Waals surface area contributed by atoms with Crippen molar-refractivity contribution < 1.29 is 9.21 Å². The van der Waals surface area contributed by atoms with Crippen LogP contribution in [-0.4, -0.2) is 55.5 Å². The lowest BCUT2D eigenvalue weighted by molar-refractivity contribution is -0.133. The summed E-state index contributed by atoms with van der Waals surface area (Å²) in [5.74, 6) is 0.458. The van der Waals surface area contributed by atoms with Crippen LogP contribution in [0.3, 0.4) is 0 Å². The lowest BCUT2D eigenvalue weighted by Gasteiger charge is -2.33. The van der Waals surface area contributed by atoms with E-state index >= 15 is 0 Å². The third kappa shape index (κ3) is 3.59. The van der Waals surface area contributed by atoms with Gasteiger partial charge in [-0.1, -0.05) is 17.2 Å². The first-order valence-electron chi connectivity index (χ1n) is 9.97. The van der Waals surface area contributed by atoms with Crippen molar-refractivity contribution in [1.29, 1.82) is 0 Å². The van der Waals surface area contributed by atoms with Gasteiger partial charge in [-0.15, -0.1) is 5.10 Å². The first-order valence-corrected chi connectivity index (χ1v) is 9.97. The molecule has 150 valence electrons. The summed E-state index contributed by atoms with van der Waals surface area (Å²) >= 11 is 0. The van der Waals surface area contributed by atoms with E-state index in [4.69, 9.17) is 4.42 Å². The molecule has 1 saturated heterocycles. The minimum atomic E-state index is -0.419. The summed E-state index contributed by atoms with van der Waals surface area (Å²) in [5.41, 5.74) is 2.95. The molecule has 0 radical (unpaired) electrons. The molecule has 29 heavy (non-hydrogen) atoms. The molecule has 0 bridgehead atoms. The summed E-state index contributed by atoms with van der Waals surface area (Å²) in [5, 5.41) is 21.7. The monoisotopic (exact) mass is 393 g/mol. The van der Waals surface area contributed by atoms with Crippen LogP contribution in [0.2, 0.25) is 0 Å². The van der Waals surface area contributed by atoms with Crippen LogP contribution in [0, 0.1) is 5.41 Å². The molecule has 1 aliphatic carbocycles. The Morgan fingerprint density at radius 2 is 2.00 bits per heavy atom. The van der Waals surface area contributed by atoms with Gasteiger partial charge >= 0.3 is 6.01 Å². The molecule has 2 aromatic heterocycles. The number of piperidine rings is 1. The Morgan fingerprint density at radius 3 is 2.72 bits per heavy atom. The van der Waals surface area contributed by atoms with Crippen LogP contribution in [0.1, 0.15) is 32.6 Å². The third-order valence-corrected chi connectivity index (χ3v) is 6.05. The zero-order valence-corrected chi connectivity index (χ0v) is 16.3. The summed E-state index contributed by atoms with van der Waals surface area (Å²) in [6.07, 6.45) is 6.55. The third-order valence-electron chi connectivity index (χ3n) is 6.05. The molecule has 9 nitrogen and oxygen atoms in total. The Balaban J connectivity index is 1.24. The number of aromatic nitrogens is 5. The van der Waals surface area contributed by atoms with Crippen molar-refractivity contribution in [2.75, 3.05) is 18.4 Å². The lowest BCUT2D eigenvalue weighted by atomic mass is 9.93. The molecule has 1 aromatic carbocycles. The Labute approximate surface area is 167 Å². The van der Waals surface area contributed by atoms with E-state index in [2.05, 4.69) is 30.9 Å². The number of anilines is 1. The van der Waals surface area contributed by atoms with Crippen LogP contribution in [0.4, 0.5) is 6.01 Å². The van der Waals surface area contributed by atoms with Crippen LogP contribution >= 0.6 is 0 Å². The van der Waals surface area contributed by atoms with E-state index in [1.807, 2.05) is 36.1 Å². The molecule has 5 rings (SSSR count). The van der Waals surface area contributed by atoms with Crippen molar-refractivity contribution in [3.8, 4) is 22.7 Å². The Hall–Kier alpha value is -3.23. The normalized spacial score (nSPS) is 18.6. The molecule has 3 heterocycles. The molecule has 1 aliphatic heterocycles. The van der Waals surface area contributed by atoms with Crippen LogP contribution in [0.25, 0.3) is 22.7 Å². The minimum Gasteiger partial charge on any atom is -0.403 e. The molecule has 1 spiro atoms. The van der Waals surface area contributed by atoms with E-state index in [1.54, 1.807) is 6.20 Å². The number of H-pyrrole nitrogens is 1. The predicted molar refractivity (Wildman–Crippen MR) is 106 cm³/mol. The zero-order valence-electron chi connectivity index (χ0n) is 16.3. The van der Waals surface area contributed by atoms with Gasteiger partial charge in [-0.2, -0.15) is 15.4 Å². The molecule has 2 fully saturated rings. The molecule has 1 atom stereocenters. The van der Waals surface area contributed by atoms with Crippen LogP contribution in [0.5, 0.6) is 0 Å². The molecule has 2 aliphatic rings. The topological polar surface area (TPSA) is 113 Å². The molecular formula is C20H23N7O2. The number of aromatic amines is 1. The fourth-order valence-corrected chi connectivity index (χ4v) is 3.95. The van der Waals surface area contributed by atoms with Crippen molar-refractivity contribution in [2.24, 2.45) is 5.41 Å². The van der Waals surface area contributed by atoms with Crippen LogP contribution in [-0.2, 0) is 4.79 Å². The van der Waals surface area contributed by atoms with Crippen molar-refractivity contribution in [1.82, 2.24) is 30.5 Å². The number of nitrogens with one attached hydrogen (secondary N) is 2. The summed E-state index contributed by atoms with van der Waals surface area (Å²) < 4.78 is 5.75. The highest BCUT2D eigenvalue weighted by molar-refractivity contribution is 5.83. The number of carbonyl (C=O) groups is 1. The SMILES string of the molecule is C[C@H](Nc1nnc(-c2cccc(-c3cn[nH]n3)c2)o1)C(=O)N1CCC2(CC1)CC2. The quantitative estimate of drug-likeness (QED) is 0.685. The fraction of sp³-hybridized carbons (Fsp3) is 0.450. The molecule has 9 heteroatoms. The number of benzene rings is 1. The summed E-state index contributed by atoms with van der Waals surface area (Å²) in [6.45, 7) is 3.52. The van der Waals surface area contributed by atoms with Crippen LogP contribution < -0.4 is 5.32 Å². The Bertz CT molecular complexity index is 1000. The maximum Gasteiger partial charge on any atom is 0.316 e. The van der Waals surface area contributed by atoms with Gasteiger partial charge in [0, 0.05) is 24.2 Å². The molecule has 3 aromatic rings. The number of rotatable bonds is 5. The van der Waals surface area contributed by atoms with E-state index < -0.39 is 6.04 Å². The predicted octanol–water partition coefficient (Wildman–Crippen LogP) is 2.72. The van der Waals surface area contributed by atoms with Gasteiger partial charge in [-0.05, 0) is 50.2 Å². The van der Waals surface area contributed by atoms with Gasteiger partial charge < -0.3 is 14.6 Å². The van der Waals surface area contributed by atoms with Gasteiger partial charge in [0.1, 0.15) is 11.7 Å². The number of hydrogen-bond donors (Lipinski definition) is 2. The number of nitrogens with zero attached hydrogens (tertiary/aromatic N) is 5. The van der Waals surface area contributed by atoms with Crippen molar-refractivity contribution >= 4 is 11.9 Å². The van der Waals surface area contributed by atoms with E-state index in [9.17, 15) is 4.79 Å². The maximum atomic E-state index is 12.7. The van der Waals surface area contributed by atoms with Crippen molar-refractivity contribution in [2.45, 2.75) is 38.6 Å². The second-order valence-corrected chi connectivity index (χ2v) is 8.04. The summed E-state index contributed by atoms with van der Waals surface area (Å²) in [7, 11) is 0. The summed E-state index contributed by atoms with van der Waals surface area (Å²) in [4.78, 5) is 14.7. The van der Waals surface area contributed by atoms with E-state index in [0.717, 1.165) is 42.8 Å². The number of carbonyl (C=O) groups excluding carboxylic acids is 1. The van der Waals surface area contributed by atoms with Crippen LogP contribution in [0.15, 0.2) is 34.9 Å². The largest absolute Gasteiger partial charge is 0.403 e. The second kappa shape index (κ2) is 6.98. The molecule has 2 N–H and O–H groups in total. The van der Waals surface area contributed by atoms with Gasteiger partial charge in [0.2, 0.25) is 11.8 Å². The smallest absolute Gasteiger partial charge is 0.316 e. The number of hydrogen-bond acceptors (Lipinski definition) is 7. The van der Waals surface area contributed by atoms with E-state index in [1.165, 1.54) is 12.8 Å². The molecular weight excluding hydrogens is 370 g/mol. The van der Waals surface area contributed by atoms with E-state index in [-0.39, 0.29) is 11.9 Å². The van der Waals surface area contributed by atoms with Gasteiger partial charge in [-0.25, -0.2) is 0 Å². The average Bonchev–Trinajstić information content (AvgIpc) is 3.16. The first kappa shape index (κ1) is 17.8. The highest BCUT2D eigenvalue weighted by Gasteiger charge is 2.45. The fourth-order valence-electron chi connectivity index (χ4n) is 3.95. The second-order valence-electron chi connectivity index (χ2n) is 8.04. The van der Waals surface area contributed by atoms with Gasteiger partial charge in [0.05, 0.1) is 6.20 Å². The zero-order chi connectivity index (χ0) is 19.8. The average molecular weight is 393 g/mol. The van der Waals surface area contributed by atoms with Crippen molar-refractivity contribution in [3.05, 3.63) is 30.5 Å². The highest BCUT2D eigenvalue weighted by atomic mass is 16.4. The van der Waals surface area contributed by atoms with Gasteiger partial charge in [-0.3, -0.25) is 4.79 Å². The van der Waals surface area contributed by atoms with Gasteiger partial charge in [0.25, 0.3) is 0 Å². The maximum absolute atomic E-state index is 12.7. The molecule has 1 saturated carbocycles. The Kier molecular flexibility index (Phi) is 4.30. The van der Waals surface area contributed by atoms with E-state index in [0.29, 0.717) is 11.3 Å². The number of amides is 1. The van der Waals surface area contributed by atoms with Crippen molar-refractivity contribution in [3.63, 3.8) is 0 Å². The Morgan fingerprint density at radius 1 is 1.21 bits per heavy atom. The standard InChI is InChI=1S/C20H23N7O2/c1-13(18(28)27-9-7-20(5-6-20)8-10-27)22-19-25-24-17(29-19)15-4-2-3-14(11-15)16-12-21-26-23-16/h2-4,11-13H,5-10H2,1H3,(H,22,25)(H,21,23,26)/t13-/m0/s1. The minimum absolute atomic E-state index is 0.0771. The molecule has 1 amide bonds. The molecule has 0 unspecified atom stereocenters. The highest BCUT2D eigenvalue weighted by Crippen LogP contribution is 2.53. The lowest BCUT2D eigenvalue weighted by Crippen LogP contribution is -2.45.